The number of rotatable bonds is 8. The Kier molecular flexibility index (Phi) is 13.4. The number of aliphatic hydroxyl groups excluding tert-OH is 10. The number of hydrogen-bond acceptors (Lipinski definition) is 17. The number of carboxylic acid groups (broad SMARTS) is 1. The summed E-state index contributed by atoms with van der Waals surface area (Å²) in [7, 11) is 0. The summed E-state index contributed by atoms with van der Waals surface area (Å²) in [5.74, 6) is -1.01. The Hall–Kier alpha value is -1.43. The van der Waals surface area contributed by atoms with E-state index in [9.17, 15) is 61.0 Å². The van der Waals surface area contributed by atoms with Crippen molar-refractivity contribution in [1.82, 2.24) is 0 Å². The van der Waals surface area contributed by atoms with Crippen molar-refractivity contribution in [2.75, 3.05) is 6.61 Å². The molecule has 0 bridgehead atoms. The number of hydrogen-bond donors (Lipinski definition) is 11. The summed E-state index contributed by atoms with van der Waals surface area (Å²) in [5, 5.41) is 119. The van der Waals surface area contributed by atoms with Gasteiger partial charge in [-0.1, -0.05) is 67.0 Å². The number of ether oxygens (including phenoxy) is 6. The Morgan fingerprint density at radius 1 is 0.652 bits per heavy atom. The molecule has 3 aliphatic heterocycles. The van der Waals surface area contributed by atoms with Gasteiger partial charge in [0.1, 0.15) is 61.0 Å². The van der Waals surface area contributed by atoms with Gasteiger partial charge in [0.2, 0.25) is 0 Å². The van der Waals surface area contributed by atoms with E-state index in [4.69, 9.17) is 28.4 Å². The zero-order valence-electron chi connectivity index (χ0n) is 39.8. The van der Waals surface area contributed by atoms with Gasteiger partial charge in [0.25, 0.3) is 0 Å². The molecule has 0 aromatic rings. The second-order valence-corrected chi connectivity index (χ2v) is 23.8. The molecule has 18 nitrogen and oxygen atoms in total. The third kappa shape index (κ3) is 7.61. The summed E-state index contributed by atoms with van der Waals surface area (Å²) in [5.41, 5.74) is -0.355. The maximum atomic E-state index is 12.5. The molecular formula is C48H78O18. The molecule has 0 aromatic carbocycles. The molecule has 0 spiro atoms. The molecule has 18 heteroatoms. The van der Waals surface area contributed by atoms with Gasteiger partial charge >= 0.3 is 5.97 Å². The van der Waals surface area contributed by atoms with Crippen LogP contribution in [0.25, 0.3) is 0 Å². The van der Waals surface area contributed by atoms with Gasteiger partial charge in [0.15, 0.2) is 25.0 Å². The molecule has 3 saturated heterocycles. The molecule has 5 aliphatic carbocycles. The van der Waals surface area contributed by atoms with Crippen molar-refractivity contribution in [3.63, 3.8) is 0 Å². The molecule has 11 N–H and O–H groups in total. The molecule has 3 heterocycles. The molecule has 25 atom stereocenters. The van der Waals surface area contributed by atoms with Gasteiger partial charge in [0.05, 0.1) is 31.0 Å². The first-order valence-electron chi connectivity index (χ1n) is 24.2. The van der Waals surface area contributed by atoms with E-state index in [2.05, 4.69) is 61.5 Å². The fourth-order valence-electron chi connectivity index (χ4n) is 15.1. The highest BCUT2D eigenvalue weighted by Crippen LogP contribution is 2.76. The first-order valence-corrected chi connectivity index (χ1v) is 24.2. The van der Waals surface area contributed by atoms with Crippen LogP contribution >= 0.6 is 0 Å². The lowest BCUT2D eigenvalue weighted by Crippen LogP contribution is -2.68. The average Bonchev–Trinajstić information content (AvgIpc) is 3.25. The monoisotopic (exact) mass is 943 g/mol. The minimum absolute atomic E-state index is 0.0726. The molecule has 66 heavy (non-hydrogen) atoms. The van der Waals surface area contributed by atoms with Crippen LogP contribution in [0.3, 0.4) is 0 Å². The molecule has 7 fully saturated rings. The second kappa shape index (κ2) is 17.4. The third-order valence-corrected chi connectivity index (χ3v) is 19.6. The van der Waals surface area contributed by atoms with Gasteiger partial charge in [-0.3, -0.25) is 0 Å². The van der Waals surface area contributed by atoms with E-state index in [-0.39, 0.29) is 28.1 Å². The predicted molar refractivity (Wildman–Crippen MR) is 231 cm³/mol. The number of aliphatic carboxylic acids is 1. The molecule has 0 aromatic heterocycles. The van der Waals surface area contributed by atoms with E-state index in [1.165, 1.54) is 12.5 Å². The molecule has 8 aliphatic rings. The molecule has 4 saturated carbocycles. The lowest BCUT2D eigenvalue weighted by Gasteiger charge is -2.72. The summed E-state index contributed by atoms with van der Waals surface area (Å²) < 4.78 is 36.3. The van der Waals surface area contributed by atoms with Crippen molar-refractivity contribution in [2.24, 2.45) is 50.2 Å². The van der Waals surface area contributed by atoms with Crippen LogP contribution in [0.2, 0.25) is 0 Å². The maximum Gasteiger partial charge on any atom is 0.335 e. The van der Waals surface area contributed by atoms with Crippen LogP contribution in [0.4, 0.5) is 0 Å². The zero-order chi connectivity index (χ0) is 48.6. The topological polar surface area (TPSA) is 295 Å². The van der Waals surface area contributed by atoms with Crippen LogP contribution in [-0.4, -0.2) is 179 Å². The standard InChI is InChI=1S/C48H78O18/c1-20-27(50)29(52)33(56)40(61-20)65-35-30(53)28(51)23(19-49)62-41(35)66-36-32(55)31(54)34(39(59)60)64-42(36)63-26-13-14-46(7)24(44(26,4)5)12-15-48(9)25(46)11-10-21-22-18-43(2,3)37(57)38(58)45(22,6)16-17-47(21,48)8/h10,20,22-38,40-42,49-58H,11-19H2,1-9H3,(H,59,60)/t20-,22-,23+,24-,25+,26-,27-,28-,29+,30-,31-,32-,33+,34-,35+,36+,37-,38+,40-,41-,42+,45+,46-,47+,48+/m0/s1. The van der Waals surface area contributed by atoms with Crippen molar-refractivity contribution in [3.8, 4) is 0 Å². The highest BCUT2D eigenvalue weighted by molar-refractivity contribution is 5.73. The fraction of sp³-hybridized carbons (Fsp3) is 0.938. The quantitative estimate of drug-likeness (QED) is 0.118. The number of allylic oxidation sites excluding steroid dienone is 2. The molecule has 0 radical (unpaired) electrons. The van der Waals surface area contributed by atoms with Crippen LogP contribution in [0.5, 0.6) is 0 Å². The fourth-order valence-corrected chi connectivity index (χ4v) is 15.1. The second-order valence-electron chi connectivity index (χ2n) is 23.8. The average molecular weight is 943 g/mol. The third-order valence-electron chi connectivity index (χ3n) is 19.6. The Balaban J connectivity index is 1.06. The van der Waals surface area contributed by atoms with Crippen molar-refractivity contribution in [1.29, 1.82) is 0 Å². The van der Waals surface area contributed by atoms with Crippen molar-refractivity contribution in [3.05, 3.63) is 11.6 Å². The van der Waals surface area contributed by atoms with E-state index in [0.29, 0.717) is 12.3 Å². The molecular weight excluding hydrogens is 865 g/mol. The van der Waals surface area contributed by atoms with Gasteiger partial charge in [-0.2, -0.15) is 0 Å². The Morgan fingerprint density at radius 2 is 1.27 bits per heavy atom. The SMILES string of the molecule is C[C@@H]1O[C@@H](O[C@H]2[C@H](O[C@H]3[C@H](O[C@H]4CC[C@]5(C)[C@H]6CC=C7[C@@H]8CC(C)(C)[C@@H](O)[C@@H](O)[C@]8(C)CC[C@@]7(C)[C@]6(C)CC[C@H]5C4(C)C)O[C@H](C(=O)O)[C@@H](O)[C@@H]3O)O[C@H](CO)[C@H](O)[C@@H]2O)[C@H](O)[C@H](O)[C@H]1O. The van der Waals surface area contributed by atoms with E-state index >= 15 is 0 Å². The minimum Gasteiger partial charge on any atom is -0.479 e. The largest absolute Gasteiger partial charge is 0.479 e. The molecule has 0 unspecified atom stereocenters. The van der Waals surface area contributed by atoms with Crippen LogP contribution in [0.15, 0.2) is 11.6 Å². The van der Waals surface area contributed by atoms with Crippen LogP contribution < -0.4 is 0 Å². The van der Waals surface area contributed by atoms with Crippen LogP contribution in [-0.2, 0) is 33.2 Å². The number of aliphatic hydroxyl groups is 10. The van der Waals surface area contributed by atoms with Gasteiger partial charge in [0, 0.05) is 5.41 Å². The predicted octanol–water partition coefficient (Wildman–Crippen LogP) is 0.703. The van der Waals surface area contributed by atoms with E-state index < -0.39 is 139 Å². The summed E-state index contributed by atoms with van der Waals surface area (Å²) in [6.45, 7) is 18.5. The molecule has 0 amide bonds. The van der Waals surface area contributed by atoms with Gasteiger partial charge in [-0.15, -0.1) is 0 Å². The van der Waals surface area contributed by atoms with Crippen molar-refractivity contribution < 1.29 is 89.4 Å². The normalized spacial score (nSPS) is 55.6. The maximum absolute atomic E-state index is 12.5. The summed E-state index contributed by atoms with van der Waals surface area (Å²) >= 11 is 0. The van der Waals surface area contributed by atoms with E-state index in [1.807, 2.05) is 0 Å². The lowest BCUT2D eigenvalue weighted by molar-refractivity contribution is -0.395. The van der Waals surface area contributed by atoms with Crippen molar-refractivity contribution in [2.45, 2.75) is 224 Å². The summed E-state index contributed by atoms with van der Waals surface area (Å²) in [6, 6.07) is 0. The van der Waals surface area contributed by atoms with Gasteiger partial charge in [-0.25, -0.2) is 4.79 Å². The number of carboxylic acids is 1. The first-order chi connectivity index (χ1) is 30.6. The highest BCUT2D eigenvalue weighted by Gasteiger charge is 2.70. The number of fused-ring (bicyclic) bond motifs is 7. The van der Waals surface area contributed by atoms with Crippen LogP contribution in [0, 0.1) is 50.2 Å². The first kappa shape index (κ1) is 50.9. The lowest BCUT2D eigenvalue weighted by atomic mass is 9.33. The van der Waals surface area contributed by atoms with Crippen molar-refractivity contribution >= 4 is 5.97 Å². The Labute approximate surface area is 387 Å². The highest BCUT2D eigenvalue weighted by atomic mass is 16.8. The Bertz CT molecular complexity index is 1830. The molecule has 8 rings (SSSR count). The zero-order valence-corrected chi connectivity index (χ0v) is 39.8. The Morgan fingerprint density at radius 3 is 1.91 bits per heavy atom. The van der Waals surface area contributed by atoms with E-state index in [0.717, 1.165) is 44.9 Å². The molecule has 378 valence electrons. The van der Waals surface area contributed by atoms with Gasteiger partial charge < -0.3 is 84.6 Å². The minimum atomic E-state index is -2.03. The summed E-state index contributed by atoms with van der Waals surface area (Å²) in [4.78, 5) is 12.5. The summed E-state index contributed by atoms with van der Waals surface area (Å²) in [6.07, 6.45) is -19.0. The smallest absolute Gasteiger partial charge is 0.335 e. The van der Waals surface area contributed by atoms with Crippen LogP contribution in [0.1, 0.15) is 114 Å². The van der Waals surface area contributed by atoms with Gasteiger partial charge in [-0.05, 0) is 103 Å². The number of carbonyl (C=O) groups is 1. The van der Waals surface area contributed by atoms with E-state index in [1.54, 1.807) is 0 Å².